The average Bonchev–Trinajstić information content (AvgIpc) is 2.44. The van der Waals surface area contributed by atoms with Crippen LogP contribution in [0.2, 0.25) is 0 Å². The number of aromatic hydroxyl groups is 1. The van der Waals surface area contributed by atoms with Gasteiger partial charge in [0.2, 0.25) is 11.8 Å². The lowest BCUT2D eigenvalue weighted by Gasteiger charge is -2.22. The molecule has 0 saturated carbocycles. The van der Waals surface area contributed by atoms with Crippen molar-refractivity contribution in [3.63, 3.8) is 0 Å². The highest BCUT2D eigenvalue weighted by Gasteiger charge is 2.23. The fourth-order valence-corrected chi connectivity index (χ4v) is 1.78. The first-order valence-corrected chi connectivity index (χ1v) is 6.27. The highest BCUT2D eigenvalue weighted by molar-refractivity contribution is 5.89. The molecular formula is C13H16N4O3. The number of benzene rings is 1. The van der Waals surface area contributed by atoms with Crippen molar-refractivity contribution >= 4 is 18.0 Å². The van der Waals surface area contributed by atoms with Gasteiger partial charge < -0.3 is 15.7 Å². The molecule has 0 radical (unpaired) electrons. The summed E-state index contributed by atoms with van der Waals surface area (Å²) >= 11 is 0. The number of hydrogen-bond donors (Lipinski definition) is 4. The predicted molar refractivity (Wildman–Crippen MR) is 73.3 cm³/mol. The Morgan fingerprint density at radius 2 is 2.15 bits per heavy atom. The Morgan fingerprint density at radius 1 is 1.40 bits per heavy atom. The number of carbonyl (C=O) groups excluding carboxylic acids is 2. The molecular weight excluding hydrogens is 260 g/mol. The highest BCUT2D eigenvalue weighted by Crippen LogP contribution is 2.07. The maximum Gasteiger partial charge on any atom is 0.242 e. The molecule has 1 aliphatic heterocycles. The maximum absolute atomic E-state index is 11.6. The van der Waals surface area contributed by atoms with Crippen LogP contribution in [0.1, 0.15) is 12.0 Å². The van der Waals surface area contributed by atoms with E-state index in [9.17, 15) is 9.59 Å². The molecule has 1 aromatic rings. The zero-order valence-corrected chi connectivity index (χ0v) is 10.8. The normalized spacial score (nSPS) is 18.8. The van der Waals surface area contributed by atoms with E-state index in [4.69, 9.17) is 5.11 Å². The lowest BCUT2D eigenvalue weighted by atomic mass is 10.1. The van der Waals surface area contributed by atoms with Crippen LogP contribution in [0.25, 0.3) is 0 Å². The number of nitrogens with zero attached hydrogens (tertiary/aromatic N) is 1. The Bertz CT molecular complexity index is 513. The van der Waals surface area contributed by atoms with Gasteiger partial charge in [-0.25, -0.2) is 5.43 Å². The molecule has 1 saturated heterocycles. The van der Waals surface area contributed by atoms with Gasteiger partial charge >= 0.3 is 0 Å². The first kappa shape index (κ1) is 14.0. The van der Waals surface area contributed by atoms with Crippen molar-refractivity contribution in [1.82, 2.24) is 16.1 Å². The van der Waals surface area contributed by atoms with E-state index < -0.39 is 6.04 Å². The van der Waals surface area contributed by atoms with Crippen molar-refractivity contribution in [2.75, 3.05) is 13.1 Å². The van der Waals surface area contributed by atoms with Gasteiger partial charge in [0.1, 0.15) is 5.75 Å². The van der Waals surface area contributed by atoms with E-state index in [2.05, 4.69) is 21.2 Å². The molecule has 0 bridgehead atoms. The minimum absolute atomic E-state index is 0.0404. The van der Waals surface area contributed by atoms with Crippen molar-refractivity contribution in [3.05, 3.63) is 29.8 Å². The number of hydrogen-bond acceptors (Lipinski definition) is 5. The molecule has 1 unspecified atom stereocenters. The quantitative estimate of drug-likeness (QED) is 0.432. The summed E-state index contributed by atoms with van der Waals surface area (Å²) in [6, 6.07) is 5.88. The van der Waals surface area contributed by atoms with Gasteiger partial charge in [0, 0.05) is 13.1 Å². The number of phenols is 1. The van der Waals surface area contributed by atoms with Crippen LogP contribution in [-0.2, 0) is 9.59 Å². The van der Waals surface area contributed by atoms with Crippen molar-refractivity contribution in [2.24, 2.45) is 5.10 Å². The van der Waals surface area contributed by atoms with Gasteiger partial charge in [0.05, 0.1) is 18.7 Å². The largest absolute Gasteiger partial charge is 0.508 e. The molecule has 1 heterocycles. The number of piperazine rings is 1. The smallest absolute Gasteiger partial charge is 0.242 e. The molecule has 7 heteroatoms. The summed E-state index contributed by atoms with van der Waals surface area (Å²) in [6.07, 6.45) is 1.50. The van der Waals surface area contributed by atoms with Gasteiger partial charge in [0.25, 0.3) is 0 Å². The van der Waals surface area contributed by atoms with E-state index in [1.54, 1.807) is 12.1 Å². The number of phenolic OH excluding ortho intramolecular Hbond substituents is 1. The molecule has 0 aromatic heterocycles. The number of amides is 2. The van der Waals surface area contributed by atoms with Crippen molar-refractivity contribution in [2.45, 2.75) is 12.5 Å². The minimum Gasteiger partial charge on any atom is -0.508 e. The summed E-state index contributed by atoms with van der Waals surface area (Å²) in [4.78, 5) is 23.1. The topological polar surface area (TPSA) is 103 Å². The third-order valence-corrected chi connectivity index (χ3v) is 2.82. The Balaban J connectivity index is 1.79. The van der Waals surface area contributed by atoms with E-state index in [1.807, 2.05) is 0 Å². The van der Waals surface area contributed by atoms with Crippen molar-refractivity contribution in [3.8, 4) is 5.75 Å². The second-order valence-electron chi connectivity index (χ2n) is 4.39. The summed E-state index contributed by atoms with van der Waals surface area (Å²) in [5.41, 5.74) is 3.11. The van der Waals surface area contributed by atoms with E-state index >= 15 is 0 Å². The zero-order chi connectivity index (χ0) is 14.4. The number of hydrazone groups is 1. The van der Waals surface area contributed by atoms with Gasteiger partial charge in [-0.2, -0.15) is 5.10 Å². The van der Waals surface area contributed by atoms with Crippen molar-refractivity contribution in [1.29, 1.82) is 0 Å². The van der Waals surface area contributed by atoms with E-state index in [0.717, 1.165) is 5.56 Å². The molecule has 4 N–H and O–H groups in total. The Hall–Kier alpha value is -2.41. The zero-order valence-electron chi connectivity index (χ0n) is 10.8. The molecule has 1 atom stereocenters. The predicted octanol–water partition coefficient (Wildman–Crippen LogP) is -0.680. The fraction of sp³-hybridized carbons (Fsp3) is 0.308. The molecule has 1 aromatic carbocycles. The van der Waals surface area contributed by atoms with Crippen LogP contribution in [0, 0.1) is 0 Å². The van der Waals surface area contributed by atoms with Gasteiger partial charge in [-0.1, -0.05) is 0 Å². The van der Waals surface area contributed by atoms with Crippen LogP contribution in [0.3, 0.4) is 0 Å². The molecule has 2 amide bonds. The third kappa shape index (κ3) is 4.06. The SMILES string of the molecule is O=C(CC1NCCNC1=O)NN=Cc1ccc(O)cc1. The molecule has 106 valence electrons. The third-order valence-electron chi connectivity index (χ3n) is 2.82. The van der Waals surface area contributed by atoms with Crippen LogP contribution in [0.5, 0.6) is 5.75 Å². The second-order valence-corrected chi connectivity index (χ2v) is 4.39. The lowest BCUT2D eigenvalue weighted by molar-refractivity contribution is -0.129. The summed E-state index contributed by atoms with van der Waals surface area (Å²) in [5.74, 6) is -0.343. The van der Waals surface area contributed by atoms with Gasteiger partial charge in [-0.3, -0.25) is 9.59 Å². The molecule has 1 fully saturated rings. The van der Waals surface area contributed by atoms with Gasteiger partial charge in [-0.05, 0) is 29.8 Å². The van der Waals surface area contributed by atoms with Crippen LogP contribution >= 0.6 is 0 Å². The second kappa shape index (κ2) is 6.67. The number of rotatable bonds is 4. The number of nitrogens with one attached hydrogen (secondary N) is 3. The molecule has 2 rings (SSSR count). The summed E-state index contributed by atoms with van der Waals surface area (Å²) in [5, 5.41) is 18.6. The monoisotopic (exact) mass is 276 g/mol. The maximum atomic E-state index is 11.6. The van der Waals surface area contributed by atoms with E-state index in [0.29, 0.717) is 13.1 Å². The summed E-state index contributed by atoms with van der Waals surface area (Å²) in [7, 11) is 0. The molecule has 1 aliphatic rings. The standard InChI is InChI=1S/C13H16N4O3/c18-10-3-1-9(2-4-10)8-16-17-12(19)7-11-13(20)15-6-5-14-11/h1-4,8,11,14,18H,5-7H2,(H,15,20)(H,17,19). The van der Waals surface area contributed by atoms with Gasteiger partial charge in [0.15, 0.2) is 0 Å². The minimum atomic E-state index is -0.507. The van der Waals surface area contributed by atoms with Crippen molar-refractivity contribution < 1.29 is 14.7 Å². The average molecular weight is 276 g/mol. The van der Waals surface area contributed by atoms with Crippen LogP contribution in [0.4, 0.5) is 0 Å². The van der Waals surface area contributed by atoms with E-state index in [1.165, 1.54) is 18.3 Å². The summed E-state index contributed by atoms with van der Waals surface area (Å²) in [6.45, 7) is 1.23. The Morgan fingerprint density at radius 3 is 2.85 bits per heavy atom. The summed E-state index contributed by atoms with van der Waals surface area (Å²) < 4.78 is 0. The molecule has 20 heavy (non-hydrogen) atoms. The molecule has 0 spiro atoms. The van der Waals surface area contributed by atoms with Gasteiger partial charge in [-0.15, -0.1) is 0 Å². The lowest BCUT2D eigenvalue weighted by Crippen LogP contribution is -2.54. The van der Waals surface area contributed by atoms with Crippen LogP contribution in [0.15, 0.2) is 29.4 Å². The van der Waals surface area contributed by atoms with Crippen LogP contribution in [-0.4, -0.2) is 42.3 Å². The van der Waals surface area contributed by atoms with E-state index in [-0.39, 0.29) is 24.0 Å². The first-order valence-electron chi connectivity index (χ1n) is 6.27. The Kier molecular flexibility index (Phi) is 4.67. The first-order chi connectivity index (χ1) is 9.65. The van der Waals surface area contributed by atoms with Crippen LogP contribution < -0.4 is 16.1 Å². The Labute approximate surface area is 116 Å². The fourth-order valence-electron chi connectivity index (χ4n) is 1.78. The highest BCUT2D eigenvalue weighted by atomic mass is 16.3. The molecule has 7 nitrogen and oxygen atoms in total. The molecule has 0 aliphatic carbocycles. The number of carbonyl (C=O) groups is 2.